The Morgan fingerprint density at radius 1 is 0.556 bits per heavy atom. The molecule has 2 unspecified atom stereocenters. The number of hydrogen-bond acceptors (Lipinski definition) is 8. The van der Waals surface area contributed by atoms with Crippen molar-refractivity contribution in [2.45, 2.75) is 222 Å². The fourth-order valence-electron chi connectivity index (χ4n) is 5.94. The third-order valence-electron chi connectivity index (χ3n) is 9.44. The zero-order chi connectivity index (χ0) is 40.0. The van der Waals surface area contributed by atoms with Gasteiger partial charge in [-0.05, 0) is 51.4 Å². The minimum atomic E-state index is -4.59. The summed E-state index contributed by atoms with van der Waals surface area (Å²) in [5.41, 5.74) is 6.49. The second-order valence-electron chi connectivity index (χ2n) is 16.1. The second kappa shape index (κ2) is 37.7. The molecule has 8 nitrogen and oxygen atoms in total. The summed E-state index contributed by atoms with van der Waals surface area (Å²) >= 11 is -1.82. The number of phosphoric ester groups is 1. The zero-order valence-corrected chi connectivity index (χ0v) is 38.4. The summed E-state index contributed by atoms with van der Waals surface area (Å²) in [6.07, 6.45) is 39.2. The van der Waals surface area contributed by atoms with Crippen molar-refractivity contribution in [3.63, 3.8) is 0 Å². The van der Waals surface area contributed by atoms with E-state index in [1.165, 1.54) is 89.9 Å². The van der Waals surface area contributed by atoms with Gasteiger partial charge in [0.2, 0.25) is 0 Å². The van der Waals surface area contributed by atoms with E-state index in [-0.39, 0.29) is 32.0 Å². The van der Waals surface area contributed by atoms with Crippen molar-refractivity contribution in [3.8, 4) is 0 Å². The standard InChI is InChI=1S/C44H85AsO8P/c1-6-8-10-12-14-16-18-20-22-24-26-28-30-32-34-36-43(46)50-40-42(41-52-54(48,49)51-39-38-45(3,4)5)53-44(47)37-35-33-31-29-27-25-23-21-19-17-15-13-11-9-7-2/h20-23,42H,6-19,24-41H2,1-5H3,(H,48,49)/p-1/b22-20-,23-21-. The number of ether oxygens (including phenoxy) is 2. The SMILES string of the molecule is CCCCCCCC/C=C\CCCCCCCC(=O)OCC(COP(=O)([O-])OCC[As](C)(C)C)OC(=O)CCCCCCC/C=C\CCCCCCCC. The quantitative estimate of drug-likeness (QED) is 0.0197. The van der Waals surface area contributed by atoms with Gasteiger partial charge >= 0.3 is 151 Å². The van der Waals surface area contributed by atoms with Crippen LogP contribution in [0.4, 0.5) is 0 Å². The molecule has 54 heavy (non-hydrogen) atoms. The third-order valence-corrected chi connectivity index (χ3v) is 13.6. The monoisotopic (exact) mass is 847 g/mol. The Morgan fingerprint density at radius 2 is 0.944 bits per heavy atom. The van der Waals surface area contributed by atoms with Gasteiger partial charge in [0.1, 0.15) is 0 Å². The summed E-state index contributed by atoms with van der Waals surface area (Å²) in [6, 6.07) is 0. The van der Waals surface area contributed by atoms with Crippen molar-refractivity contribution < 1.29 is 37.6 Å². The van der Waals surface area contributed by atoms with Crippen LogP contribution in [0.2, 0.25) is 22.3 Å². The van der Waals surface area contributed by atoms with Crippen LogP contribution < -0.4 is 4.89 Å². The maximum absolute atomic E-state index is 12.7. The molecule has 10 heteroatoms. The minimum Gasteiger partial charge on any atom is -0.0885 e. The molecule has 0 aromatic rings. The van der Waals surface area contributed by atoms with Crippen molar-refractivity contribution in [3.05, 3.63) is 24.3 Å². The molecule has 2 atom stereocenters. The predicted molar refractivity (Wildman–Crippen MR) is 227 cm³/mol. The van der Waals surface area contributed by atoms with E-state index in [4.69, 9.17) is 18.5 Å². The van der Waals surface area contributed by atoms with E-state index >= 15 is 0 Å². The van der Waals surface area contributed by atoms with E-state index in [1.807, 2.05) is 0 Å². The first-order chi connectivity index (χ1) is 26.0. The van der Waals surface area contributed by atoms with Crippen LogP contribution in [-0.2, 0) is 32.7 Å². The Balaban J connectivity index is 4.38. The number of rotatable bonds is 40. The van der Waals surface area contributed by atoms with Gasteiger partial charge < -0.3 is 0 Å². The zero-order valence-electron chi connectivity index (χ0n) is 35.7. The van der Waals surface area contributed by atoms with Crippen LogP contribution in [0.3, 0.4) is 0 Å². The van der Waals surface area contributed by atoms with Gasteiger partial charge in [-0.2, -0.15) is 0 Å². The average molecular weight is 847 g/mol. The Kier molecular flexibility index (Phi) is 37.0. The molecule has 0 aliphatic carbocycles. The van der Waals surface area contributed by atoms with Crippen LogP contribution in [-0.4, -0.2) is 51.4 Å². The fourth-order valence-corrected chi connectivity index (χ4v) is 8.33. The second-order valence-corrected chi connectivity index (χ2v) is 28.0. The van der Waals surface area contributed by atoms with Crippen molar-refractivity contribution in [2.24, 2.45) is 0 Å². The van der Waals surface area contributed by atoms with E-state index in [0.717, 1.165) is 70.6 Å². The summed E-state index contributed by atoms with van der Waals surface area (Å²) < 4.78 is 33.5. The molecular weight excluding hydrogens is 762 g/mol. The van der Waals surface area contributed by atoms with Gasteiger partial charge in [0.25, 0.3) is 0 Å². The number of phosphoric acid groups is 1. The van der Waals surface area contributed by atoms with Crippen LogP contribution in [0.1, 0.15) is 194 Å². The molecule has 0 amide bonds. The van der Waals surface area contributed by atoms with Gasteiger partial charge in [-0.3, -0.25) is 0 Å². The van der Waals surface area contributed by atoms with Crippen LogP contribution in [0, 0.1) is 0 Å². The first-order valence-electron chi connectivity index (χ1n) is 22.0. The maximum atomic E-state index is 12.7. The van der Waals surface area contributed by atoms with Gasteiger partial charge in [-0.15, -0.1) is 0 Å². The third kappa shape index (κ3) is 40.7. The number of carbonyl (C=O) groups excluding carboxylic acids is 2. The molecule has 0 saturated heterocycles. The van der Waals surface area contributed by atoms with Crippen molar-refractivity contribution in [2.75, 3.05) is 19.8 Å². The first-order valence-corrected chi connectivity index (χ1v) is 30.5. The van der Waals surface area contributed by atoms with Gasteiger partial charge in [0.15, 0.2) is 0 Å². The fraction of sp³-hybridized carbons (Fsp3) is 0.864. The average Bonchev–Trinajstić information content (AvgIpc) is 3.12. The Bertz CT molecular complexity index is 980. The molecule has 0 spiro atoms. The number of hydrogen-bond donors (Lipinski definition) is 0. The van der Waals surface area contributed by atoms with E-state index in [1.54, 1.807) is 0 Å². The van der Waals surface area contributed by atoms with Crippen molar-refractivity contribution in [1.82, 2.24) is 0 Å². The number of esters is 2. The summed E-state index contributed by atoms with van der Waals surface area (Å²) in [4.78, 5) is 37.5. The Morgan fingerprint density at radius 3 is 1.37 bits per heavy atom. The van der Waals surface area contributed by atoms with Crippen molar-refractivity contribution >= 4 is 33.3 Å². The molecule has 0 N–H and O–H groups in total. The number of allylic oxidation sites excluding steroid dienone is 4. The normalized spacial score (nSPS) is 13.8. The van der Waals surface area contributed by atoms with Crippen molar-refractivity contribution in [1.29, 1.82) is 0 Å². The predicted octanol–water partition coefficient (Wildman–Crippen LogP) is 13.4. The molecule has 0 aliphatic rings. The van der Waals surface area contributed by atoms with Gasteiger partial charge in [-0.1, -0.05) is 134 Å². The number of unbranched alkanes of at least 4 members (excludes halogenated alkanes) is 22. The van der Waals surface area contributed by atoms with Gasteiger partial charge in [0.05, 0.1) is 0 Å². The molecule has 0 saturated carbocycles. The van der Waals surface area contributed by atoms with Gasteiger partial charge in [-0.25, -0.2) is 0 Å². The molecule has 0 bridgehead atoms. The van der Waals surface area contributed by atoms with Crippen LogP contribution in [0.15, 0.2) is 24.3 Å². The topological polar surface area (TPSA) is 111 Å². The molecule has 0 aliphatic heterocycles. The van der Waals surface area contributed by atoms with Crippen LogP contribution >= 0.6 is 7.82 Å². The smallest absolute Gasteiger partial charge is 0.0885 e. The number of carbonyl (C=O) groups is 2. The van der Waals surface area contributed by atoms with Crippen LogP contribution in [0.5, 0.6) is 0 Å². The van der Waals surface area contributed by atoms with E-state index < -0.39 is 40.1 Å². The summed E-state index contributed by atoms with van der Waals surface area (Å²) in [7, 11) is -4.59. The Labute approximate surface area is 335 Å². The van der Waals surface area contributed by atoms with E-state index in [2.05, 4.69) is 55.3 Å². The molecule has 0 aromatic carbocycles. The molecule has 0 fully saturated rings. The van der Waals surface area contributed by atoms with Crippen LogP contribution in [0.25, 0.3) is 0 Å². The minimum absolute atomic E-state index is 0.0716. The summed E-state index contributed by atoms with van der Waals surface area (Å²) in [5.74, 6) is -0.833. The molecule has 0 heterocycles. The Hall–Kier alpha value is -0.912. The van der Waals surface area contributed by atoms with Gasteiger partial charge in [0, 0.05) is 0 Å². The van der Waals surface area contributed by atoms with E-state index in [9.17, 15) is 19.0 Å². The molecule has 319 valence electrons. The summed E-state index contributed by atoms with van der Waals surface area (Å²) in [5, 5.41) is 0.705. The molecule has 0 aromatic heterocycles. The molecule has 1 radical (unpaired) electrons. The molecular formula is C44H84AsO8P-. The van der Waals surface area contributed by atoms with E-state index in [0.29, 0.717) is 11.6 Å². The summed E-state index contributed by atoms with van der Waals surface area (Å²) in [6.45, 7) is 3.87. The first kappa shape index (κ1) is 53.1. The molecule has 0 rings (SSSR count).